The number of rotatable bonds is 1. The van der Waals surface area contributed by atoms with Crippen LogP contribution in [0.1, 0.15) is 5.56 Å². The molecule has 66 valence electrons. The number of thiophene rings is 1. The molecule has 0 aliphatic rings. The van der Waals surface area contributed by atoms with E-state index in [9.17, 15) is 0 Å². The lowest BCUT2D eigenvalue weighted by molar-refractivity contribution is 1.29. The van der Waals surface area contributed by atoms with Crippen molar-refractivity contribution in [3.05, 3.63) is 35.3 Å². The third-order valence-electron chi connectivity index (χ3n) is 1.85. The number of nitrogens with zero attached hydrogens (tertiary/aromatic N) is 1. The zero-order valence-electron chi connectivity index (χ0n) is 7.32. The van der Waals surface area contributed by atoms with Gasteiger partial charge in [0.05, 0.1) is 22.5 Å². The van der Waals surface area contributed by atoms with E-state index in [1.807, 2.05) is 24.4 Å². The van der Waals surface area contributed by atoms with Gasteiger partial charge >= 0.3 is 0 Å². The molecule has 0 atom stereocenters. The first-order valence-electron chi connectivity index (χ1n) is 4.03. The van der Waals surface area contributed by atoms with Gasteiger partial charge in [-0.05, 0) is 30.0 Å². The molecule has 2 aromatic rings. The molecule has 3 heteroatoms. The summed E-state index contributed by atoms with van der Waals surface area (Å²) in [5.41, 5.74) is 8.50. The number of aromatic nitrogens is 1. The van der Waals surface area contributed by atoms with Gasteiger partial charge in [-0.15, -0.1) is 11.3 Å². The highest BCUT2D eigenvalue weighted by atomic mass is 32.1. The van der Waals surface area contributed by atoms with Gasteiger partial charge in [-0.2, -0.15) is 0 Å². The molecule has 0 amide bonds. The Bertz CT molecular complexity index is 407. The van der Waals surface area contributed by atoms with Crippen molar-refractivity contribution in [2.45, 2.75) is 6.92 Å². The zero-order chi connectivity index (χ0) is 9.26. The molecule has 0 aromatic carbocycles. The average molecular weight is 190 g/mol. The largest absolute Gasteiger partial charge is 0.397 e. The molecule has 0 bridgehead atoms. The number of anilines is 1. The topological polar surface area (TPSA) is 38.9 Å². The van der Waals surface area contributed by atoms with Crippen LogP contribution in [0.3, 0.4) is 0 Å². The van der Waals surface area contributed by atoms with Gasteiger partial charge in [0.1, 0.15) is 0 Å². The minimum atomic E-state index is 0.720. The van der Waals surface area contributed by atoms with Crippen molar-refractivity contribution in [2.24, 2.45) is 0 Å². The molecule has 0 aliphatic carbocycles. The number of hydrogen-bond acceptors (Lipinski definition) is 3. The van der Waals surface area contributed by atoms with Crippen LogP contribution in [0.25, 0.3) is 10.6 Å². The van der Waals surface area contributed by atoms with Crippen molar-refractivity contribution in [3.8, 4) is 10.6 Å². The third kappa shape index (κ3) is 1.55. The zero-order valence-corrected chi connectivity index (χ0v) is 8.14. The fourth-order valence-electron chi connectivity index (χ4n) is 1.27. The van der Waals surface area contributed by atoms with Crippen molar-refractivity contribution < 1.29 is 0 Å². The maximum Gasteiger partial charge on any atom is 0.0832 e. The van der Waals surface area contributed by atoms with E-state index in [-0.39, 0.29) is 0 Å². The molecule has 0 aliphatic heterocycles. The standard InChI is InChI=1S/C10H10N2S/c1-7-5-8(11)6-12-10(7)9-3-2-4-13-9/h2-6H,11H2,1H3. The second-order valence-electron chi connectivity index (χ2n) is 2.91. The van der Waals surface area contributed by atoms with Crippen molar-refractivity contribution in [1.29, 1.82) is 0 Å². The molecule has 2 rings (SSSR count). The van der Waals surface area contributed by atoms with Crippen molar-refractivity contribution in [3.63, 3.8) is 0 Å². The smallest absolute Gasteiger partial charge is 0.0832 e. The summed E-state index contributed by atoms with van der Waals surface area (Å²) in [5, 5.41) is 2.05. The minimum Gasteiger partial charge on any atom is -0.397 e. The highest BCUT2D eigenvalue weighted by Crippen LogP contribution is 2.26. The Balaban J connectivity index is 2.53. The molecule has 0 spiro atoms. The molecule has 0 saturated carbocycles. The van der Waals surface area contributed by atoms with E-state index in [1.165, 1.54) is 4.88 Å². The van der Waals surface area contributed by atoms with Gasteiger partial charge in [-0.25, -0.2) is 0 Å². The van der Waals surface area contributed by atoms with Gasteiger partial charge < -0.3 is 5.73 Å². The van der Waals surface area contributed by atoms with Crippen LogP contribution < -0.4 is 5.73 Å². The number of nitrogens with two attached hydrogens (primary N) is 1. The van der Waals surface area contributed by atoms with Crippen LogP contribution in [0.5, 0.6) is 0 Å². The number of hydrogen-bond donors (Lipinski definition) is 1. The Morgan fingerprint density at radius 3 is 2.92 bits per heavy atom. The van der Waals surface area contributed by atoms with Crippen LogP contribution in [0, 0.1) is 6.92 Å². The number of pyridine rings is 1. The number of nitrogen functional groups attached to an aromatic ring is 1. The highest BCUT2D eigenvalue weighted by molar-refractivity contribution is 7.13. The second kappa shape index (κ2) is 3.18. The van der Waals surface area contributed by atoms with E-state index < -0.39 is 0 Å². The Labute approximate surface area is 81.1 Å². The summed E-state index contributed by atoms with van der Waals surface area (Å²) in [6.07, 6.45) is 1.70. The predicted molar refractivity (Wildman–Crippen MR) is 56.7 cm³/mol. The van der Waals surface area contributed by atoms with Gasteiger partial charge in [-0.3, -0.25) is 4.98 Å². The molecule has 0 radical (unpaired) electrons. The van der Waals surface area contributed by atoms with Crippen LogP contribution >= 0.6 is 11.3 Å². The molecule has 13 heavy (non-hydrogen) atoms. The number of aryl methyl sites for hydroxylation is 1. The first-order valence-corrected chi connectivity index (χ1v) is 4.91. The van der Waals surface area contributed by atoms with E-state index in [0.717, 1.165) is 16.9 Å². The lowest BCUT2D eigenvalue weighted by atomic mass is 10.2. The average Bonchev–Trinajstić information content (AvgIpc) is 2.56. The maximum atomic E-state index is 5.62. The highest BCUT2D eigenvalue weighted by Gasteiger charge is 2.03. The first kappa shape index (κ1) is 8.26. The molecule has 0 fully saturated rings. The molecular formula is C10H10N2S. The van der Waals surface area contributed by atoms with Crippen LogP contribution in [-0.2, 0) is 0 Å². The normalized spacial score (nSPS) is 10.2. The Hall–Kier alpha value is -1.35. The van der Waals surface area contributed by atoms with E-state index in [1.54, 1.807) is 17.5 Å². The van der Waals surface area contributed by atoms with E-state index in [2.05, 4.69) is 11.1 Å². The molecule has 2 nitrogen and oxygen atoms in total. The summed E-state index contributed by atoms with van der Waals surface area (Å²) < 4.78 is 0. The summed E-state index contributed by atoms with van der Waals surface area (Å²) in [5.74, 6) is 0. The van der Waals surface area contributed by atoms with E-state index in [0.29, 0.717) is 0 Å². The summed E-state index contributed by atoms with van der Waals surface area (Å²) in [6.45, 7) is 2.03. The molecule has 0 saturated heterocycles. The van der Waals surface area contributed by atoms with Crippen LogP contribution in [0.2, 0.25) is 0 Å². The third-order valence-corrected chi connectivity index (χ3v) is 2.73. The van der Waals surface area contributed by atoms with Gasteiger partial charge in [0, 0.05) is 0 Å². The summed E-state index contributed by atoms with van der Waals surface area (Å²) in [7, 11) is 0. The first-order chi connectivity index (χ1) is 6.27. The summed E-state index contributed by atoms with van der Waals surface area (Å²) >= 11 is 1.69. The minimum absolute atomic E-state index is 0.720. The lowest BCUT2D eigenvalue weighted by Gasteiger charge is -2.02. The van der Waals surface area contributed by atoms with E-state index >= 15 is 0 Å². The van der Waals surface area contributed by atoms with Gasteiger partial charge in [0.2, 0.25) is 0 Å². The predicted octanol–water partition coefficient (Wildman–Crippen LogP) is 2.70. The van der Waals surface area contributed by atoms with Crippen molar-refractivity contribution in [2.75, 3.05) is 5.73 Å². The van der Waals surface area contributed by atoms with Gasteiger partial charge in [0.15, 0.2) is 0 Å². The Morgan fingerprint density at radius 2 is 2.31 bits per heavy atom. The van der Waals surface area contributed by atoms with Crippen LogP contribution in [-0.4, -0.2) is 4.98 Å². The van der Waals surface area contributed by atoms with Crippen LogP contribution in [0.15, 0.2) is 29.8 Å². The van der Waals surface area contributed by atoms with Crippen LogP contribution in [0.4, 0.5) is 5.69 Å². The second-order valence-corrected chi connectivity index (χ2v) is 3.86. The van der Waals surface area contributed by atoms with E-state index in [4.69, 9.17) is 5.73 Å². The molecule has 2 N–H and O–H groups in total. The fraction of sp³-hybridized carbons (Fsp3) is 0.100. The Kier molecular flexibility index (Phi) is 2.02. The monoisotopic (exact) mass is 190 g/mol. The van der Waals surface area contributed by atoms with Crippen molar-refractivity contribution in [1.82, 2.24) is 4.98 Å². The van der Waals surface area contributed by atoms with Gasteiger partial charge in [-0.1, -0.05) is 6.07 Å². The quantitative estimate of drug-likeness (QED) is 0.751. The molecular weight excluding hydrogens is 180 g/mol. The summed E-state index contributed by atoms with van der Waals surface area (Å²) in [6, 6.07) is 6.04. The molecule has 0 unspecified atom stereocenters. The molecule has 2 aromatic heterocycles. The van der Waals surface area contributed by atoms with Crippen molar-refractivity contribution >= 4 is 17.0 Å². The molecule has 2 heterocycles. The Morgan fingerprint density at radius 1 is 1.46 bits per heavy atom. The van der Waals surface area contributed by atoms with Gasteiger partial charge in [0.25, 0.3) is 0 Å². The summed E-state index contributed by atoms with van der Waals surface area (Å²) in [4.78, 5) is 5.50. The lowest BCUT2D eigenvalue weighted by Crippen LogP contribution is -1.90. The fourth-order valence-corrected chi connectivity index (χ4v) is 2.05. The maximum absolute atomic E-state index is 5.62. The SMILES string of the molecule is Cc1cc(N)cnc1-c1cccs1.